The maximum atomic E-state index is 12.6. The number of hydrogen-bond acceptors (Lipinski definition) is 5. The van der Waals surface area contributed by atoms with Gasteiger partial charge in [0.2, 0.25) is 0 Å². The van der Waals surface area contributed by atoms with Crippen LogP contribution in [0.5, 0.6) is 0 Å². The highest BCUT2D eigenvalue weighted by Crippen LogP contribution is 2.29. The zero-order valence-electron chi connectivity index (χ0n) is 11.9. The summed E-state index contributed by atoms with van der Waals surface area (Å²) < 4.78 is 43.0. The van der Waals surface area contributed by atoms with Crippen LogP contribution in [0.2, 0.25) is 5.02 Å². The fourth-order valence-corrected chi connectivity index (χ4v) is 2.67. The Morgan fingerprint density at radius 3 is 2.58 bits per heavy atom. The van der Waals surface area contributed by atoms with Gasteiger partial charge in [-0.05, 0) is 18.2 Å². The molecule has 0 saturated carbocycles. The van der Waals surface area contributed by atoms with Crippen molar-refractivity contribution >= 4 is 23.4 Å². The van der Waals surface area contributed by atoms with Crippen LogP contribution in [-0.4, -0.2) is 15.1 Å². The SMILES string of the molecule is FC(F)(F)c1ccnc(SCc2cc(-c3ccc(Cl)cc3)no2)n1. The second kappa shape index (κ2) is 6.82. The first-order valence-electron chi connectivity index (χ1n) is 6.66. The van der Waals surface area contributed by atoms with Crippen LogP contribution in [0, 0.1) is 0 Å². The van der Waals surface area contributed by atoms with E-state index in [0.29, 0.717) is 16.5 Å². The summed E-state index contributed by atoms with van der Waals surface area (Å²) >= 11 is 6.86. The molecule has 24 heavy (non-hydrogen) atoms. The molecular weight excluding hydrogens is 363 g/mol. The summed E-state index contributed by atoms with van der Waals surface area (Å²) in [5, 5.41) is 4.57. The van der Waals surface area contributed by atoms with E-state index in [1.165, 1.54) is 0 Å². The Balaban J connectivity index is 1.69. The van der Waals surface area contributed by atoms with Gasteiger partial charge in [0, 0.05) is 22.8 Å². The minimum Gasteiger partial charge on any atom is -0.360 e. The number of hydrogen-bond donors (Lipinski definition) is 0. The van der Waals surface area contributed by atoms with Crippen molar-refractivity contribution in [2.75, 3.05) is 0 Å². The average molecular weight is 372 g/mol. The largest absolute Gasteiger partial charge is 0.433 e. The zero-order chi connectivity index (χ0) is 17.2. The van der Waals surface area contributed by atoms with Crippen molar-refractivity contribution in [2.45, 2.75) is 17.1 Å². The monoisotopic (exact) mass is 371 g/mol. The fraction of sp³-hybridized carbons (Fsp3) is 0.133. The van der Waals surface area contributed by atoms with E-state index in [9.17, 15) is 13.2 Å². The van der Waals surface area contributed by atoms with E-state index >= 15 is 0 Å². The number of thioether (sulfide) groups is 1. The second-order valence-electron chi connectivity index (χ2n) is 4.70. The molecule has 1 aromatic carbocycles. The summed E-state index contributed by atoms with van der Waals surface area (Å²) in [5.41, 5.74) is 0.473. The molecular formula is C15H9ClF3N3OS. The van der Waals surface area contributed by atoms with Crippen molar-refractivity contribution in [3.8, 4) is 11.3 Å². The zero-order valence-corrected chi connectivity index (χ0v) is 13.5. The molecule has 0 bridgehead atoms. The van der Waals surface area contributed by atoms with E-state index in [2.05, 4.69) is 15.1 Å². The van der Waals surface area contributed by atoms with Crippen molar-refractivity contribution in [1.29, 1.82) is 0 Å². The lowest BCUT2D eigenvalue weighted by Crippen LogP contribution is -2.08. The van der Waals surface area contributed by atoms with Gasteiger partial charge in [-0.15, -0.1) is 0 Å². The Kier molecular flexibility index (Phi) is 4.77. The van der Waals surface area contributed by atoms with Crippen LogP contribution < -0.4 is 0 Å². The fourth-order valence-electron chi connectivity index (χ4n) is 1.84. The average Bonchev–Trinajstić information content (AvgIpc) is 3.02. The summed E-state index contributed by atoms with van der Waals surface area (Å²) in [6, 6.07) is 9.61. The van der Waals surface area contributed by atoms with Gasteiger partial charge in [0.05, 0.1) is 5.75 Å². The van der Waals surface area contributed by atoms with Crippen LogP contribution in [0.25, 0.3) is 11.3 Å². The molecule has 0 atom stereocenters. The number of rotatable bonds is 4. The van der Waals surface area contributed by atoms with Gasteiger partial charge >= 0.3 is 6.18 Å². The first-order valence-corrected chi connectivity index (χ1v) is 8.03. The smallest absolute Gasteiger partial charge is 0.360 e. The van der Waals surface area contributed by atoms with Gasteiger partial charge < -0.3 is 4.52 Å². The number of benzene rings is 1. The van der Waals surface area contributed by atoms with Gasteiger partial charge in [0.1, 0.15) is 17.1 Å². The number of alkyl halides is 3. The molecule has 4 nitrogen and oxygen atoms in total. The molecule has 0 amide bonds. The molecule has 0 aliphatic carbocycles. The lowest BCUT2D eigenvalue weighted by atomic mass is 10.1. The van der Waals surface area contributed by atoms with Crippen LogP contribution in [0.1, 0.15) is 11.5 Å². The molecule has 3 rings (SSSR count). The van der Waals surface area contributed by atoms with Gasteiger partial charge in [-0.2, -0.15) is 13.2 Å². The molecule has 124 valence electrons. The third-order valence-corrected chi connectivity index (χ3v) is 4.10. The molecule has 2 heterocycles. The minimum atomic E-state index is -4.49. The molecule has 0 spiro atoms. The quantitative estimate of drug-likeness (QED) is 0.472. The van der Waals surface area contributed by atoms with Crippen molar-refractivity contribution in [1.82, 2.24) is 15.1 Å². The Morgan fingerprint density at radius 2 is 1.88 bits per heavy atom. The third kappa shape index (κ3) is 4.07. The Morgan fingerprint density at radius 1 is 1.12 bits per heavy atom. The first-order chi connectivity index (χ1) is 11.4. The highest BCUT2D eigenvalue weighted by molar-refractivity contribution is 7.98. The number of nitrogens with zero attached hydrogens (tertiary/aromatic N) is 3. The number of halogens is 4. The van der Waals surface area contributed by atoms with E-state index in [4.69, 9.17) is 16.1 Å². The molecule has 0 aliphatic heterocycles. The first kappa shape index (κ1) is 16.8. The molecule has 0 aliphatic rings. The normalized spacial score (nSPS) is 11.7. The molecule has 0 N–H and O–H groups in total. The van der Waals surface area contributed by atoms with Crippen LogP contribution in [0.15, 0.2) is 52.3 Å². The van der Waals surface area contributed by atoms with Gasteiger partial charge in [-0.1, -0.05) is 40.7 Å². The Labute approximate surface area is 144 Å². The molecule has 3 aromatic rings. The highest BCUT2D eigenvalue weighted by Gasteiger charge is 2.32. The summed E-state index contributed by atoms with van der Waals surface area (Å²) in [7, 11) is 0. The summed E-state index contributed by atoms with van der Waals surface area (Å²) in [5.74, 6) is 0.771. The molecule has 9 heteroatoms. The van der Waals surface area contributed by atoms with E-state index in [-0.39, 0.29) is 10.9 Å². The standard InChI is InChI=1S/C15H9ClF3N3OS/c16-10-3-1-9(2-4-10)12-7-11(23-22-12)8-24-14-20-6-5-13(21-14)15(17,18)19/h1-7H,8H2. The molecule has 0 radical (unpaired) electrons. The van der Waals surface area contributed by atoms with Crippen molar-refractivity contribution < 1.29 is 17.7 Å². The summed E-state index contributed by atoms with van der Waals surface area (Å²) in [4.78, 5) is 7.30. The lowest BCUT2D eigenvalue weighted by molar-refractivity contribution is -0.141. The summed E-state index contributed by atoms with van der Waals surface area (Å²) in [6.45, 7) is 0. The van der Waals surface area contributed by atoms with Crippen molar-refractivity contribution in [3.63, 3.8) is 0 Å². The Hall–Kier alpha value is -2.06. The minimum absolute atomic E-state index is 0.0225. The summed E-state index contributed by atoms with van der Waals surface area (Å²) in [6.07, 6.45) is -3.41. The van der Waals surface area contributed by atoms with E-state index in [1.54, 1.807) is 30.3 Å². The molecule has 2 aromatic heterocycles. The molecule has 0 fully saturated rings. The predicted octanol–water partition coefficient (Wildman–Crippen LogP) is 5.10. The van der Waals surface area contributed by atoms with Crippen LogP contribution in [-0.2, 0) is 11.9 Å². The maximum Gasteiger partial charge on any atom is 0.433 e. The lowest BCUT2D eigenvalue weighted by Gasteiger charge is -2.05. The van der Waals surface area contributed by atoms with E-state index in [0.717, 1.165) is 29.6 Å². The Bertz CT molecular complexity index is 836. The predicted molar refractivity (Wildman–Crippen MR) is 83.5 cm³/mol. The maximum absolute atomic E-state index is 12.6. The van der Waals surface area contributed by atoms with Gasteiger partial charge in [0.15, 0.2) is 5.16 Å². The highest BCUT2D eigenvalue weighted by atomic mass is 35.5. The van der Waals surface area contributed by atoms with Crippen LogP contribution in [0.3, 0.4) is 0 Å². The van der Waals surface area contributed by atoms with Crippen molar-refractivity contribution in [3.05, 3.63) is 59.1 Å². The number of aromatic nitrogens is 3. The second-order valence-corrected chi connectivity index (χ2v) is 6.08. The van der Waals surface area contributed by atoms with E-state index < -0.39 is 11.9 Å². The van der Waals surface area contributed by atoms with Crippen LogP contribution >= 0.6 is 23.4 Å². The molecule has 0 unspecified atom stereocenters. The topological polar surface area (TPSA) is 51.8 Å². The van der Waals surface area contributed by atoms with E-state index in [1.807, 2.05) is 0 Å². The molecule has 0 saturated heterocycles. The van der Waals surface area contributed by atoms with Gasteiger partial charge in [-0.3, -0.25) is 0 Å². The van der Waals surface area contributed by atoms with Gasteiger partial charge in [-0.25, -0.2) is 9.97 Å². The third-order valence-electron chi connectivity index (χ3n) is 2.97. The van der Waals surface area contributed by atoms with Gasteiger partial charge in [0.25, 0.3) is 0 Å². The van der Waals surface area contributed by atoms with Crippen molar-refractivity contribution in [2.24, 2.45) is 0 Å². The van der Waals surface area contributed by atoms with Crippen LogP contribution in [0.4, 0.5) is 13.2 Å².